The van der Waals surface area contributed by atoms with Gasteiger partial charge in [-0.15, -0.1) is 0 Å². The Kier molecular flexibility index (Phi) is 4.66. The number of carbonyl (C=O) groups is 1. The molecule has 1 unspecified atom stereocenters. The van der Waals surface area contributed by atoms with Gasteiger partial charge in [0.1, 0.15) is 6.61 Å². The van der Waals surface area contributed by atoms with Gasteiger partial charge in [0.25, 0.3) is 0 Å². The molecule has 1 aromatic rings. The molecule has 0 fully saturated rings. The van der Waals surface area contributed by atoms with Gasteiger partial charge in [-0.1, -0.05) is 53.2 Å². The van der Waals surface area contributed by atoms with Crippen LogP contribution in [0.5, 0.6) is 0 Å². The van der Waals surface area contributed by atoms with E-state index in [-0.39, 0.29) is 11.9 Å². The maximum atomic E-state index is 11.3. The topological polar surface area (TPSA) is 26.3 Å². The van der Waals surface area contributed by atoms with Gasteiger partial charge in [0.2, 0.25) is 0 Å². The first-order valence-corrected chi connectivity index (χ1v) is 5.62. The number of hydrogen-bond acceptors (Lipinski definition) is 2. The molecule has 3 heteroatoms. The highest BCUT2D eigenvalue weighted by molar-refractivity contribution is 9.09. The van der Waals surface area contributed by atoms with E-state index in [0.29, 0.717) is 11.9 Å². The average Bonchev–Trinajstić information content (AvgIpc) is 2.26. The van der Waals surface area contributed by atoms with Crippen LogP contribution >= 0.6 is 15.9 Å². The van der Waals surface area contributed by atoms with E-state index in [1.807, 2.05) is 37.3 Å². The van der Waals surface area contributed by atoms with E-state index in [2.05, 4.69) is 15.9 Å². The van der Waals surface area contributed by atoms with Crippen molar-refractivity contribution in [1.82, 2.24) is 0 Å². The third kappa shape index (κ3) is 3.50. The quantitative estimate of drug-likeness (QED) is 0.612. The second kappa shape index (κ2) is 5.81. The van der Waals surface area contributed by atoms with Crippen molar-refractivity contribution in [2.75, 3.05) is 5.33 Å². The average molecular weight is 257 g/mol. The first-order chi connectivity index (χ1) is 6.74. The molecule has 2 nitrogen and oxygen atoms in total. The summed E-state index contributed by atoms with van der Waals surface area (Å²) < 4.78 is 5.11. The van der Waals surface area contributed by atoms with E-state index < -0.39 is 0 Å². The van der Waals surface area contributed by atoms with Gasteiger partial charge in [0.15, 0.2) is 0 Å². The molecule has 0 saturated heterocycles. The molecule has 14 heavy (non-hydrogen) atoms. The van der Waals surface area contributed by atoms with Crippen LogP contribution in [0.15, 0.2) is 30.3 Å². The predicted octanol–water partition coefficient (Wildman–Crippen LogP) is 2.76. The van der Waals surface area contributed by atoms with Gasteiger partial charge in [-0.3, -0.25) is 4.79 Å². The highest BCUT2D eigenvalue weighted by Gasteiger charge is 2.12. The van der Waals surface area contributed by atoms with Gasteiger partial charge in [-0.25, -0.2) is 0 Å². The molecule has 0 N–H and O–H groups in total. The van der Waals surface area contributed by atoms with Crippen molar-refractivity contribution in [3.8, 4) is 0 Å². The first-order valence-electron chi connectivity index (χ1n) is 4.50. The Morgan fingerprint density at radius 3 is 2.64 bits per heavy atom. The van der Waals surface area contributed by atoms with Crippen LogP contribution in [0, 0.1) is 5.92 Å². The summed E-state index contributed by atoms with van der Waals surface area (Å²) in [6.45, 7) is 2.19. The molecule has 0 spiro atoms. The SMILES string of the molecule is CC(CBr)C(=O)OCc1ccccc1. The zero-order chi connectivity index (χ0) is 10.4. The van der Waals surface area contributed by atoms with Crippen LogP contribution < -0.4 is 0 Å². The van der Waals surface area contributed by atoms with Crippen molar-refractivity contribution in [3.63, 3.8) is 0 Å². The van der Waals surface area contributed by atoms with Gasteiger partial charge in [0.05, 0.1) is 5.92 Å². The van der Waals surface area contributed by atoms with Gasteiger partial charge in [0, 0.05) is 5.33 Å². The number of rotatable bonds is 4. The van der Waals surface area contributed by atoms with Crippen molar-refractivity contribution < 1.29 is 9.53 Å². The second-order valence-corrected chi connectivity index (χ2v) is 3.80. The van der Waals surface area contributed by atoms with Crippen molar-refractivity contribution in [2.45, 2.75) is 13.5 Å². The molecule has 0 saturated carbocycles. The summed E-state index contributed by atoms with van der Waals surface area (Å²) in [4.78, 5) is 11.3. The lowest BCUT2D eigenvalue weighted by Gasteiger charge is -2.08. The molecule has 76 valence electrons. The maximum absolute atomic E-state index is 11.3. The molecule has 0 bridgehead atoms. The molecule has 0 radical (unpaired) electrons. The Morgan fingerprint density at radius 2 is 2.07 bits per heavy atom. The normalized spacial score (nSPS) is 12.1. The zero-order valence-corrected chi connectivity index (χ0v) is 9.66. The van der Waals surface area contributed by atoms with Crippen LogP contribution in [0.4, 0.5) is 0 Å². The number of alkyl halides is 1. The lowest BCUT2D eigenvalue weighted by atomic mass is 10.2. The predicted molar refractivity (Wildman–Crippen MR) is 59.2 cm³/mol. The summed E-state index contributed by atoms with van der Waals surface area (Å²) >= 11 is 3.24. The Bertz CT molecular complexity index is 285. The van der Waals surface area contributed by atoms with Crippen LogP contribution in [-0.4, -0.2) is 11.3 Å². The van der Waals surface area contributed by atoms with Gasteiger partial charge >= 0.3 is 5.97 Å². The molecule has 1 rings (SSSR count). The highest BCUT2D eigenvalue weighted by Crippen LogP contribution is 2.06. The monoisotopic (exact) mass is 256 g/mol. The Balaban J connectivity index is 2.38. The second-order valence-electron chi connectivity index (χ2n) is 3.15. The molecule has 0 aliphatic heterocycles. The lowest BCUT2D eigenvalue weighted by Crippen LogP contribution is -2.15. The van der Waals surface area contributed by atoms with Crippen LogP contribution in [-0.2, 0) is 16.1 Å². The summed E-state index contributed by atoms with van der Waals surface area (Å²) in [6, 6.07) is 9.67. The molecule has 0 aliphatic rings. The fraction of sp³-hybridized carbons (Fsp3) is 0.364. The van der Waals surface area contributed by atoms with Crippen LogP contribution in [0.1, 0.15) is 12.5 Å². The maximum Gasteiger partial charge on any atom is 0.309 e. The van der Waals surface area contributed by atoms with Crippen molar-refractivity contribution in [2.24, 2.45) is 5.92 Å². The largest absolute Gasteiger partial charge is 0.461 e. The van der Waals surface area contributed by atoms with Gasteiger partial charge in [-0.05, 0) is 5.56 Å². The fourth-order valence-corrected chi connectivity index (χ4v) is 1.20. The molecular weight excluding hydrogens is 244 g/mol. The number of esters is 1. The van der Waals surface area contributed by atoms with Crippen LogP contribution in [0.25, 0.3) is 0 Å². The van der Waals surface area contributed by atoms with Crippen molar-refractivity contribution >= 4 is 21.9 Å². The molecule has 0 amide bonds. The standard InChI is InChI=1S/C11H13BrO2/c1-9(7-12)11(13)14-8-10-5-3-2-4-6-10/h2-6,9H,7-8H2,1H3. The highest BCUT2D eigenvalue weighted by atomic mass is 79.9. The zero-order valence-electron chi connectivity index (χ0n) is 8.07. The van der Waals surface area contributed by atoms with E-state index in [9.17, 15) is 4.79 Å². The van der Waals surface area contributed by atoms with E-state index in [4.69, 9.17) is 4.74 Å². The van der Waals surface area contributed by atoms with Crippen molar-refractivity contribution in [1.29, 1.82) is 0 Å². The third-order valence-electron chi connectivity index (χ3n) is 1.86. The molecule has 0 aromatic heterocycles. The minimum atomic E-state index is -0.161. The summed E-state index contributed by atoms with van der Waals surface area (Å²) in [5, 5.41) is 0.640. The van der Waals surface area contributed by atoms with E-state index in [0.717, 1.165) is 5.56 Å². The number of hydrogen-bond donors (Lipinski definition) is 0. The summed E-state index contributed by atoms with van der Waals surface area (Å²) in [5.41, 5.74) is 1.02. The van der Waals surface area contributed by atoms with Crippen molar-refractivity contribution in [3.05, 3.63) is 35.9 Å². The molecular formula is C11H13BrO2. The summed E-state index contributed by atoms with van der Waals surface area (Å²) in [7, 11) is 0. The Labute approximate surface area is 92.4 Å². The summed E-state index contributed by atoms with van der Waals surface area (Å²) in [6.07, 6.45) is 0. The molecule has 1 aromatic carbocycles. The summed E-state index contributed by atoms with van der Waals surface area (Å²) in [5.74, 6) is -0.246. The number of halogens is 1. The van der Waals surface area contributed by atoms with E-state index >= 15 is 0 Å². The van der Waals surface area contributed by atoms with Gasteiger partial charge in [-0.2, -0.15) is 0 Å². The van der Waals surface area contributed by atoms with E-state index in [1.165, 1.54) is 0 Å². The number of carbonyl (C=O) groups excluding carboxylic acids is 1. The fourth-order valence-electron chi connectivity index (χ4n) is 0.934. The molecule has 1 atom stereocenters. The Morgan fingerprint density at radius 1 is 1.43 bits per heavy atom. The van der Waals surface area contributed by atoms with Crippen LogP contribution in [0.2, 0.25) is 0 Å². The molecule has 0 heterocycles. The smallest absolute Gasteiger partial charge is 0.309 e. The Hall–Kier alpha value is -0.830. The minimum absolute atomic E-state index is 0.0845. The number of ether oxygens (including phenoxy) is 1. The lowest BCUT2D eigenvalue weighted by molar-refractivity contribution is -0.148. The first kappa shape index (κ1) is 11.2. The third-order valence-corrected chi connectivity index (χ3v) is 2.83. The van der Waals surface area contributed by atoms with Crippen LogP contribution in [0.3, 0.4) is 0 Å². The minimum Gasteiger partial charge on any atom is -0.461 e. The van der Waals surface area contributed by atoms with E-state index in [1.54, 1.807) is 0 Å². The number of benzene rings is 1. The molecule has 0 aliphatic carbocycles. The van der Waals surface area contributed by atoms with Gasteiger partial charge < -0.3 is 4.74 Å².